The van der Waals surface area contributed by atoms with E-state index in [0.29, 0.717) is 25.5 Å². The summed E-state index contributed by atoms with van der Waals surface area (Å²) < 4.78 is 5.65. The molecule has 6 nitrogen and oxygen atoms in total. The summed E-state index contributed by atoms with van der Waals surface area (Å²) in [4.78, 5) is 16.5. The topological polar surface area (TPSA) is 82.9 Å². The molecule has 2 atom stereocenters. The van der Waals surface area contributed by atoms with E-state index in [4.69, 9.17) is 9.84 Å². The summed E-state index contributed by atoms with van der Waals surface area (Å²) in [5.41, 5.74) is 1.97. The van der Waals surface area contributed by atoms with Crippen LogP contribution in [0.1, 0.15) is 23.5 Å². The van der Waals surface area contributed by atoms with Crippen LogP contribution in [0.15, 0.2) is 48.7 Å². The second-order valence-corrected chi connectivity index (χ2v) is 5.90. The van der Waals surface area contributed by atoms with Gasteiger partial charge < -0.3 is 19.8 Å². The zero-order valence-corrected chi connectivity index (χ0v) is 13.2. The number of rotatable bonds is 4. The van der Waals surface area contributed by atoms with E-state index in [1.807, 2.05) is 36.4 Å². The van der Waals surface area contributed by atoms with Gasteiger partial charge in [-0.25, -0.2) is 9.78 Å². The number of carboxylic acid groups (broad SMARTS) is 1. The Labute approximate surface area is 140 Å². The molecule has 2 heterocycles. The minimum atomic E-state index is -0.990. The van der Waals surface area contributed by atoms with Crippen LogP contribution in [0.4, 0.5) is 4.79 Å². The van der Waals surface area contributed by atoms with Crippen LogP contribution in [0.2, 0.25) is 0 Å². The van der Waals surface area contributed by atoms with Gasteiger partial charge in [-0.05, 0) is 17.5 Å². The van der Waals surface area contributed by atoms with Crippen molar-refractivity contribution in [1.29, 1.82) is 0 Å². The van der Waals surface area contributed by atoms with Gasteiger partial charge in [0.25, 0.3) is 0 Å². The maximum Gasteiger partial charge on any atom is 0.407 e. The third kappa shape index (κ3) is 3.83. The molecule has 1 aliphatic heterocycles. The van der Waals surface area contributed by atoms with Crippen molar-refractivity contribution >= 4 is 6.09 Å². The van der Waals surface area contributed by atoms with Crippen molar-refractivity contribution in [3.8, 4) is 5.88 Å². The van der Waals surface area contributed by atoms with E-state index in [9.17, 15) is 9.90 Å². The van der Waals surface area contributed by atoms with Crippen molar-refractivity contribution < 1.29 is 19.7 Å². The highest BCUT2D eigenvalue weighted by atomic mass is 16.5. The highest BCUT2D eigenvalue weighted by Crippen LogP contribution is 2.28. The zero-order valence-electron chi connectivity index (χ0n) is 13.2. The first kappa shape index (κ1) is 16.3. The van der Waals surface area contributed by atoms with Crippen molar-refractivity contribution in [3.63, 3.8) is 0 Å². The third-order valence-corrected chi connectivity index (χ3v) is 4.27. The standard InChI is InChI=1S/C18H20N2O4/c21-16-11-20(18(22)23)9-8-15(16)14-6-7-17(19-10-14)24-12-13-4-2-1-3-5-13/h1-7,10,15-16,21H,8-9,11-12H2,(H,22,23). The van der Waals surface area contributed by atoms with Crippen LogP contribution >= 0.6 is 0 Å². The van der Waals surface area contributed by atoms with Gasteiger partial charge in [0.1, 0.15) is 6.61 Å². The maximum atomic E-state index is 11.0. The van der Waals surface area contributed by atoms with Crippen LogP contribution in [-0.2, 0) is 6.61 Å². The van der Waals surface area contributed by atoms with Crippen LogP contribution in [0, 0.1) is 0 Å². The Bertz CT molecular complexity index is 675. The molecule has 1 fully saturated rings. The smallest absolute Gasteiger partial charge is 0.407 e. The molecule has 24 heavy (non-hydrogen) atoms. The molecule has 2 N–H and O–H groups in total. The van der Waals surface area contributed by atoms with Crippen molar-refractivity contribution in [1.82, 2.24) is 9.88 Å². The fourth-order valence-corrected chi connectivity index (χ4v) is 2.92. The van der Waals surface area contributed by atoms with Gasteiger partial charge in [-0.15, -0.1) is 0 Å². The van der Waals surface area contributed by atoms with E-state index in [1.165, 1.54) is 4.90 Å². The lowest BCUT2D eigenvalue weighted by Gasteiger charge is -2.34. The number of β-amino-alcohol motifs (C(OH)–C–C–N with tert-alkyl or cyclic N) is 1. The Morgan fingerprint density at radius 3 is 2.67 bits per heavy atom. The van der Waals surface area contributed by atoms with E-state index >= 15 is 0 Å². The fraction of sp³-hybridized carbons (Fsp3) is 0.333. The van der Waals surface area contributed by atoms with E-state index in [1.54, 1.807) is 12.3 Å². The maximum absolute atomic E-state index is 11.0. The van der Waals surface area contributed by atoms with Crippen LogP contribution in [0.3, 0.4) is 0 Å². The van der Waals surface area contributed by atoms with E-state index < -0.39 is 12.2 Å². The predicted molar refractivity (Wildman–Crippen MR) is 88.0 cm³/mol. The normalized spacial score (nSPS) is 20.6. The molecule has 126 valence electrons. The number of carbonyl (C=O) groups is 1. The van der Waals surface area contributed by atoms with Crippen LogP contribution in [0.5, 0.6) is 5.88 Å². The molecule has 0 radical (unpaired) electrons. The molecule has 6 heteroatoms. The number of hydrogen-bond acceptors (Lipinski definition) is 4. The first-order valence-corrected chi connectivity index (χ1v) is 7.92. The van der Waals surface area contributed by atoms with Crippen molar-refractivity contribution in [3.05, 3.63) is 59.8 Å². The number of ether oxygens (including phenoxy) is 1. The molecule has 0 aliphatic carbocycles. The number of aliphatic hydroxyl groups is 1. The number of aromatic nitrogens is 1. The summed E-state index contributed by atoms with van der Waals surface area (Å²) in [7, 11) is 0. The summed E-state index contributed by atoms with van der Waals surface area (Å²) in [6.45, 7) is 1.00. The van der Waals surface area contributed by atoms with E-state index in [0.717, 1.165) is 11.1 Å². The second-order valence-electron chi connectivity index (χ2n) is 5.90. The summed E-state index contributed by atoms with van der Waals surface area (Å²) in [5.74, 6) is 0.427. The number of benzene rings is 1. The highest BCUT2D eigenvalue weighted by Gasteiger charge is 2.31. The predicted octanol–water partition coefficient (Wildman–Crippen LogP) is 2.49. The fourth-order valence-electron chi connectivity index (χ4n) is 2.92. The largest absolute Gasteiger partial charge is 0.473 e. The molecule has 1 saturated heterocycles. The van der Waals surface area contributed by atoms with Gasteiger partial charge in [-0.3, -0.25) is 0 Å². The average molecular weight is 328 g/mol. The molecule has 1 aromatic heterocycles. The summed E-state index contributed by atoms with van der Waals surface area (Å²) in [6, 6.07) is 13.5. The SMILES string of the molecule is O=C(O)N1CCC(c2ccc(OCc3ccccc3)nc2)C(O)C1. The summed E-state index contributed by atoms with van der Waals surface area (Å²) >= 11 is 0. The van der Waals surface area contributed by atoms with E-state index in [-0.39, 0.29) is 12.5 Å². The molecule has 2 aromatic rings. The Hall–Kier alpha value is -2.60. The molecule has 2 unspecified atom stereocenters. The van der Waals surface area contributed by atoms with Crippen molar-refractivity contribution in [2.24, 2.45) is 0 Å². The van der Waals surface area contributed by atoms with Gasteiger partial charge in [-0.1, -0.05) is 36.4 Å². The number of amides is 1. The van der Waals surface area contributed by atoms with Crippen molar-refractivity contribution in [2.75, 3.05) is 13.1 Å². The summed E-state index contributed by atoms with van der Waals surface area (Å²) in [6.07, 6.45) is 0.576. The van der Waals surface area contributed by atoms with Gasteiger partial charge in [-0.2, -0.15) is 0 Å². The van der Waals surface area contributed by atoms with Gasteiger partial charge in [0.05, 0.1) is 12.6 Å². The Morgan fingerprint density at radius 1 is 1.25 bits per heavy atom. The molecular formula is C18H20N2O4. The quantitative estimate of drug-likeness (QED) is 0.901. The molecule has 0 bridgehead atoms. The number of nitrogens with zero attached hydrogens (tertiary/aromatic N) is 2. The third-order valence-electron chi connectivity index (χ3n) is 4.27. The van der Waals surface area contributed by atoms with E-state index in [2.05, 4.69) is 4.98 Å². The minimum absolute atomic E-state index is 0.101. The van der Waals surface area contributed by atoms with Gasteiger partial charge in [0.15, 0.2) is 0 Å². The number of hydrogen-bond donors (Lipinski definition) is 2. The molecular weight excluding hydrogens is 308 g/mol. The lowest BCUT2D eigenvalue weighted by molar-refractivity contribution is 0.0503. The minimum Gasteiger partial charge on any atom is -0.473 e. The summed E-state index contributed by atoms with van der Waals surface area (Å²) in [5, 5.41) is 19.2. The number of piperidine rings is 1. The monoisotopic (exact) mass is 328 g/mol. The number of pyridine rings is 1. The van der Waals surface area contributed by atoms with Crippen LogP contribution in [0.25, 0.3) is 0 Å². The molecule has 3 rings (SSSR count). The molecule has 1 aliphatic rings. The first-order chi connectivity index (χ1) is 11.6. The molecule has 1 amide bonds. The highest BCUT2D eigenvalue weighted by molar-refractivity contribution is 5.65. The number of likely N-dealkylation sites (tertiary alicyclic amines) is 1. The van der Waals surface area contributed by atoms with Gasteiger partial charge in [0.2, 0.25) is 5.88 Å². The second kappa shape index (κ2) is 7.31. The molecule has 0 spiro atoms. The van der Waals surface area contributed by atoms with Crippen molar-refractivity contribution in [2.45, 2.75) is 25.0 Å². The number of aliphatic hydroxyl groups excluding tert-OH is 1. The lowest BCUT2D eigenvalue weighted by Crippen LogP contribution is -2.45. The first-order valence-electron chi connectivity index (χ1n) is 7.92. The average Bonchev–Trinajstić information content (AvgIpc) is 2.61. The van der Waals surface area contributed by atoms with Crippen LogP contribution in [-0.4, -0.2) is 45.4 Å². The Morgan fingerprint density at radius 2 is 2.04 bits per heavy atom. The van der Waals surface area contributed by atoms with Crippen LogP contribution < -0.4 is 4.74 Å². The molecule has 0 saturated carbocycles. The zero-order chi connectivity index (χ0) is 16.9. The molecule has 1 aromatic carbocycles. The Balaban J connectivity index is 1.59. The Kier molecular flexibility index (Phi) is 4.96. The van der Waals surface area contributed by atoms with Gasteiger partial charge in [0, 0.05) is 24.7 Å². The van der Waals surface area contributed by atoms with Gasteiger partial charge >= 0.3 is 6.09 Å². The lowest BCUT2D eigenvalue weighted by atomic mass is 9.88.